The molecular formula is C15H16BrN3O2. The third-order valence-corrected chi connectivity index (χ3v) is 3.61. The number of amides is 2. The van der Waals surface area contributed by atoms with Gasteiger partial charge in [0, 0.05) is 36.0 Å². The second-order valence-electron chi connectivity index (χ2n) is 4.72. The number of carbonyl (C=O) groups excluding carboxylic acids is 2. The Balaban J connectivity index is 2.28. The van der Waals surface area contributed by atoms with Crippen LogP contribution in [0.1, 0.15) is 26.4 Å². The molecular weight excluding hydrogens is 334 g/mol. The van der Waals surface area contributed by atoms with Crippen molar-refractivity contribution in [3.05, 3.63) is 51.8 Å². The summed E-state index contributed by atoms with van der Waals surface area (Å²) in [6, 6.07) is 6.95. The Kier molecular flexibility index (Phi) is 4.47. The van der Waals surface area contributed by atoms with Gasteiger partial charge in [-0.05, 0) is 46.6 Å². The molecule has 2 amide bonds. The highest BCUT2D eigenvalue weighted by Gasteiger charge is 2.13. The van der Waals surface area contributed by atoms with Crippen molar-refractivity contribution in [3.8, 4) is 0 Å². The van der Waals surface area contributed by atoms with Crippen LogP contribution in [0, 0.1) is 6.92 Å². The summed E-state index contributed by atoms with van der Waals surface area (Å²) in [6.45, 7) is 1.88. The lowest BCUT2D eigenvalue weighted by Gasteiger charge is -2.10. The van der Waals surface area contributed by atoms with Crippen LogP contribution in [-0.4, -0.2) is 23.4 Å². The van der Waals surface area contributed by atoms with Crippen LogP contribution in [0.15, 0.2) is 34.9 Å². The molecule has 0 radical (unpaired) electrons. The molecule has 0 saturated carbocycles. The van der Waals surface area contributed by atoms with Gasteiger partial charge in [0.15, 0.2) is 0 Å². The Morgan fingerprint density at radius 3 is 2.48 bits per heavy atom. The zero-order valence-corrected chi connectivity index (χ0v) is 13.6. The highest BCUT2D eigenvalue weighted by atomic mass is 79.9. The maximum absolute atomic E-state index is 12.3. The minimum atomic E-state index is -0.222. The minimum Gasteiger partial charge on any atom is -0.355 e. The summed E-state index contributed by atoms with van der Waals surface area (Å²) in [4.78, 5) is 24.0. The summed E-state index contributed by atoms with van der Waals surface area (Å²) in [5, 5.41) is 5.40. The SMILES string of the molecule is CNC(=O)c1ccc(C)c(NC(=O)c2cc(Br)cn2C)c1. The van der Waals surface area contributed by atoms with E-state index in [1.165, 1.54) is 0 Å². The number of aromatic nitrogens is 1. The molecule has 0 spiro atoms. The normalized spacial score (nSPS) is 10.3. The Morgan fingerprint density at radius 2 is 1.90 bits per heavy atom. The molecule has 110 valence electrons. The number of rotatable bonds is 3. The fourth-order valence-corrected chi connectivity index (χ4v) is 2.50. The van der Waals surface area contributed by atoms with E-state index in [1.807, 2.05) is 13.1 Å². The van der Waals surface area contributed by atoms with Gasteiger partial charge in [-0.2, -0.15) is 0 Å². The number of nitrogens with one attached hydrogen (secondary N) is 2. The van der Waals surface area contributed by atoms with E-state index in [0.717, 1.165) is 10.0 Å². The predicted octanol–water partition coefficient (Wildman–Crippen LogP) is 2.71. The van der Waals surface area contributed by atoms with Crippen LogP contribution in [0.4, 0.5) is 5.69 Å². The predicted molar refractivity (Wildman–Crippen MR) is 85.6 cm³/mol. The molecule has 0 aliphatic carbocycles. The van der Waals surface area contributed by atoms with Crippen molar-refractivity contribution in [1.29, 1.82) is 0 Å². The van der Waals surface area contributed by atoms with Crippen LogP contribution >= 0.6 is 15.9 Å². The van der Waals surface area contributed by atoms with Gasteiger partial charge in [0.05, 0.1) is 0 Å². The maximum Gasteiger partial charge on any atom is 0.272 e. The average Bonchev–Trinajstić information content (AvgIpc) is 2.79. The number of halogens is 1. The number of aryl methyl sites for hydroxylation is 2. The van der Waals surface area contributed by atoms with E-state index < -0.39 is 0 Å². The van der Waals surface area contributed by atoms with Crippen LogP contribution in [0.25, 0.3) is 0 Å². The quantitative estimate of drug-likeness (QED) is 0.894. The van der Waals surface area contributed by atoms with Gasteiger partial charge in [-0.3, -0.25) is 9.59 Å². The Morgan fingerprint density at radius 1 is 1.19 bits per heavy atom. The lowest BCUT2D eigenvalue weighted by atomic mass is 10.1. The van der Waals surface area contributed by atoms with E-state index in [-0.39, 0.29) is 11.8 Å². The number of hydrogen-bond acceptors (Lipinski definition) is 2. The average molecular weight is 350 g/mol. The molecule has 0 aliphatic heterocycles. The standard InChI is InChI=1S/C15H16BrN3O2/c1-9-4-5-10(14(20)17-2)6-12(9)18-15(21)13-7-11(16)8-19(13)3/h4-8H,1-3H3,(H,17,20)(H,18,21). The third-order valence-electron chi connectivity index (χ3n) is 3.18. The van der Waals surface area contributed by atoms with Crippen LogP contribution in [0.5, 0.6) is 0 Å². The lowest BCUT2D eigenvalue weighted by molar-refractivity contribution is 0.0961. The molecule has 2 aromatic rings. The van der Waals surface area contributed by atoms with Crippen molar-refractivity contribution in [1.82, 2.24) is 9.88 Å². The number of benzene rings is 1. The van der Waals surface area contributed by atoms with E-state index >= 15 is 0 Å². The first kappa shape index (κ1) is 15.3. The molecule has 0 fully saturated rings. The van der Waals surface area contributed by atoms with Gasteiger partial charge in [0.2, 0.25) is 0 Å². The van der Waals surface area contributed by atoms with Crippen molar-refractivity contribution in [2.45, 2.75) is 6.92 Å². The van der Waals surface area contributed by atoms with Crippen molar-refractivity contribution in [2.24, 2.45) is 7.05 Å². The third kappa shape index (κ3) is 3.33. The van der Waals surface area contributed by atoms with E-state index in [0.29, 0.717) is 16.9 Å². The van der Waals surface area contributed by atoms with Gasteiger partial charge in [0.25, 0.3) is 11.8 Å². The highest BCUT2D eigenvalue weighted by Crippen LogP contribution is 2.19. The molecule has 6 heteroatoms. The van der Waals surface area contributed by atoms with Crippen molar-refractivity contribution in [3.63, 3.8) is 0 Å². The number of hydrogen-bond donors (Lipinski definition) is 2. The first-order chi connectivity index (χ1) is 9.92. The molecule has 0 atom stereocenters. The largest absolute Gasteiger partial charge is 0.355 e. The number of anilines is 1. The van der Waals surface area contributed by atoms with Crippen LogP contribution in [0.3, 0.4) is 0 Å². The molecule has 0 saturated heterocycles. The summed E-state index contributed by atoms with van der Waals surface area (Å²) in [7, 11) is 3.37. The smallest absolute Gasteiger partial charge is 0.272 e. The maximum atomic E-state index is 12.3. The Labute approximate surface area is 131 Å². The summed E-state index contributed by atoms with van der Waals surface area (Å²) in [5.74, 6) is -0.410. The molecule has 0 aliphatic rings. The van der Waals surface area contributed by atoms with Gasteiger partial charge in [-0.1, -0.05) is 6.07 Å². The number of carbonyl (C=O) groups is 2. The van der Waals surface area contributed by atoms with Gasteiger partial charge in [-0.25, -0.2) is 0 Å². The van der Waals surface area contributed by atoms with E-state index in [9.17, 15) is 9.59 Å². The number of nitrogens with zero attached hydrogens (tertiary/aromatic N) is 1. The summed E-state index contributed by atoms with van der Waals surface area (Å²) >= 11 is 3.34. The molecule has 1 heterocycles. The van der Waals surface area contributed by atoms with Crippen molar-refractivity contribution >= 4 is 33.4 Å². The highest BCUT2D eigenvalue weighted by molar-refractivity contribution is 9.10. The van der Waals surface area contributed by atoms with E-state index in [4.69, 9.17) is 0 Å². The van der Waals surface area contributed by atoms with Gasteiger partial charge < -0.3 is 15.2 Å². The van der Waals surface area contributed by atoms with E-state index in [2.05, 4.69) is 26.6 Å². The monoisotopic (exact) mass is 349 g/mol. The van der Waals surface area contributed by atoms with Crippen LogP contribution in [-0.2, 0) is 7.05 Å². The molecule has 21 heavy (non-hydrogen) atoms. The second kappa shape index (κ2) is 6.13. The molecule has 0 unspecified atom stereocenters. The summed E-state index contributed by atoms with van der Waals surface area (Å²) in [6.07, 6.45) is 1.81. The van der Waals surface area contributed by atoms with Gasteiger partial charge >= 0.3 is 0 Å². The molecule has 0 bridgehead atoms. The first-order valence-electron chi connectivity index (χ1n) is 6.38. The topological polar surface area (TPSA) is 63.1 Å². The first-order valence-corrected chi connectivity index (χ1v) is 7.17. The molecule has 1 aromatic carbocycles. The molecule has 5 nitrogen and oxygen atoms in total. The fourth-order valence-electron chi connectivity index (χ4n) is 1.98. The minimum absolute atomic E-state index is 0.188. The molecule has 1 aromatic heterocycles. The lowest BCUT2D eigenvalue weighted by Crippen LogP contribution is -2.19. The fraction of sp³-hybridized carbons (Fsp3) is 0.200. The zero-order valence-electron chi connectivity index (χ0n) is 12.0. The summed E-state index contributed by atoms with van der Waals surface area (Å²) < 4.78 is 2.57. The zero-order chi connectivity index (χ0) is 15.6. The van der Waals surface area contributed by atoms with Crippen molar-refractivity contribution < 1.29 is 9.59 Å². The van der Waals surface area contributed by atoms with Crippen LogP contribution < -0.4 is 10.6 Å². The van der Waals surface area contributed by atoms with Crippen molar-refractivity contribution in [2.75, 3.05) is 12.4 Å². The molecule has 2 rings (SSSR count). The Bertz CT molecular complexity index is 707. The van der Waals surface area contributed by atoms with Gasteiger partial charge in [-0.15, -0.1) is 0 Å². The summed E-state index contributed by atoms with van der Waals surface area (Å²) in [5.41, 5.74) is 2.56. The Hall–Kier alpha value is -2.08. The molecule has 2 N–H and O–H groups in total. The van der Waals surface area contributed by atoms with Crippen LogP contribution in [0.2, 0.25) is 0 Å². The van der Waals surface area contributed by atoms with E-state index in [1.54, 1.807) is 42.9 Å². The van der Waals surface area contributed by atoms with Gasteiger partial charge in [0.1, 0.15) is 5.69 Å². The second-order valence-corrected chi connectivity index (χ2v) is 5.63.